The highest BCUT2D eigenvalue weighted by Gasteiger charge is 2.24. The zero-order valence-electron chi connectivity index (χ0n) is 11.1. The molecule has 4 nitrogen and oxygen atoms in total. The molecular formula is C12H25N3O. The largest absolute Gasteiger partial charge is 0.326 e. The van der Waals surface area contributed by atoms with Crippen molar-refractivity contribution >= 4 is 6.03 Å². The summed E-state index contributed by atoms with van der Waals surface area (Å²) in [4.78, 5) is 17.7. The van der Waals surface area contributed by atoms with Crippen LogP contribution in [0.25, 0.3) is 0 Å². The van der Waals surface area contributed by atoms with Gasteiger partial charge in [-0.05, 0) is 25.9 Å². The summed E-state index contributed by atoms with van der Waals surface area (Å²) in [6.45, 7) is 9.20. The van der Waals surface area contributed by atoms with E-state index in [1.807, 2.05) is 11.9 Å². The van der Waals surface area contributed by atoms with E-state index in [1.165, 1.54) is 6.42 Å². The van der Waals surface area contributed by atoms with Crippen LogP contribution in [0.2, 0.25) is 0 Å². The van der Waals surface area contributed by atoms with Crippen LogP contribution in [0.4, 0.5) is 4.79 Å². The predicted octanol–water partition coefficient (Wildman–Crippen LogP) is 1.33. The van der Waals surface area contributed by atoms with E-state index in [2.05, 4.69) is 25.8 Å². The van der Waals surface area contributed by atoms with Crippen LogP contribution in [0, 0.1) is 5.92 Å². The number of likely N-dealkylation sites (N-methyl/N-ethyl adjacent to an activating group) is 2. The Morgan fingerprint density at radius 2 is 2.00 bits per heavy atom. The number of carbonyl (C=O) groups excluding carboxylic acids is 1. The topological polar surface area (TPSA) is 26.8 Å². The minimum Gasteiger partial charge on any atom is -0.326 e. The zero-order chi connectivity index (χ0) is 12.1. The summed E-state index contributed by atoms with van der Waals surface area (Å²) in [7, 11) is 4.00. The Kier molecular flexibility index (Phi) is 5.06. The molecule has 1 heterocycles. The summed E-state index contributed by atoms with van der Waals surface area (Å²) in [5, 5.41) is 0. The summed E-state index contributed by atoms with van der Waals surface area (Å²) in [5.74, 6) is 0.752. The molecule has 0 unspecified atom stereocenters. The van der Waals surface area contributed by atoms with Crippen molar-refractivity contribution in [1.82, 2.24) is 14.7 Å². The summed E-state index contributed by atoms with van der Waals surface area (Å²) < 4.78 is 0. The molecule has 1 aliphatic rings. The summed E-state index contributed by atoms with van der Waals surface area (Å²) in [6.07, 6.45) is 1.23. The van der Waals surface area contributed by atoms with Gasteiger partial charge < -0.3 is 14.7 Å². The Morgan fingerprint density at radius 3 is 2.50 bits per heavy atom. The fourth-order valence-electron chi connectivity index (χ4n) is 1.79. The fraction of sp³-hybridized carbons (Fsp3) is 0.917. The van der Waals surface area contributed by atoms with Gasteiger partial charge in [-0.3, -0.25) is 0 Å². The SMILES string of the molecule is CC(C)CCN(C)CCN1CCN(C)C1=O. The highest BCUT2D eigenvalue weighted by atomic mass is 16.2. The van der Waals surface area contributed by atoms with Gasteiger partial charge in [-0.1, -0.05) is 13.8 Å². The van der Waals surface area contributed by atoms with E-state index >= 15 is 0 Å². The third-order valence-electron chi connectivity index (χ3n) is 3.14. The van der Waals surface area contributed by atoms with Crippen LogP contribution in [-0.2, 0) is 0 Å². The van der Waals surface area contributed by atoms with E-state index in [9.17, 15) is 4.79 Å². The average Bonchev–Trinajstić information content (AvgIpc) is 2.54. The predicted molar refractivity (Wildman–Crippen MR) is 66.6 cm³/mol. The molecule has 0 radical (unpaired) electrons. The number of hydrogen-bond acceptors (Lipinski definition) is 2. The van der Waals surface area contributed by atoms with Crippen molar-refractivity contribution in [3.8, 4) is 0 Å². The molecule has 0 saturated carbocycles. The Labute approximate surface area is 99.2 Å². The Bertz CT molecular complexity index is 230. The lowest BCUT2D eigenvalue weighted by molar-refractivity contribution is 0.191. The number of rotatable bonds is 6. The van der Waals surface area contributed by atoms with E-state index in [0.717, 1.165) is 38.6 Å². The van der Waals surface area contributed by atoms with Crippen molar-refractivity contribution in [3.05, 3.63) is 0 Å². The van der Waals surface area contributed by atoms with Gasteiger partial charge in [-0.15, -0.1) is 0 Å². The Balaban J connectivity index is 2.17. The van der Waals surface area contributed by atoms with Crippen molar-refractivity contribution in [2.24, 2.45) is 5.92 Å². The third kappa shape index (κ3) is 4.00. The second-order valence-electron chi connectivity index (χ2n) is 5.18. The minimum atomic E-state index is 0.178. The van der Waals surface area contributed by atoms with Gasteiger partial charge in [-0.25, -0.2) is 4.79 Å². The van der Waals surface area contributed by atoms with Gasteiger partial charge in [0.1, 0.15) is 0 Å². The first kappa shape index (κ1) is 13.3. The molecule has 0 spiro atoms. The molecule has 0 aromatic rings. The van der Waals surface area contributed by atoms with E-state index in [-0.39, 0.29) is 6.03 Å². The molecule has 1 fully saturated rings. The minimum absolute atomic E-state index is 0.178. The van der Waals surface area contributed by atoms with Crippen LogP contribution in [0.1, 0.15) is 20.3 Å². The number of urea groups is 1. The first-order chi connectivity index (χ1) is 7.50. The van der Waals surface area contributed by atoms with Gasteiger partial charge in [0.25, 0.3) is 0 Å². The van der Waals surface area contributed by atoms with Gasteiger partial charge in [0, 0.05) is 33.2 Å². The maximum atomic E-state index is 11.6. The van der Waals surface area contributed by atoms with Crippen molar-refractivity contribution in [3.63, 3.8) is 0 Å². The van der Waals surface area contributed by atoms with Crippen LogP contribution in [0.15, 0.2) is 0 Å². The monoisotopic (exact) mass is 227 g/mol. The average molecular weight is 227 g/mol. The van der Waals surface area contributed by atoms with Gasteiger partial charge in [-0.2, -0.15) is 0 Å². The molecule has 94 valence electrons. The molecule has 1 aliphatic heterocycles. The van der Waals surface area contributed by atoms with Crippen molar-refractivity contribution in [1.29, 1.82) is 0 Å². The van der Waals surface area contributed by atoms with Crippen LogP contribution in [0.3, 0.4) is 0 Å². The molecule has 16 heavy (non-hydrogen) atoms. The van der Waals surface area contributed by atoms with E-state index in [0.29, 0.717) is 0 Å². The second-order valence-corrected chi connectivity index (χ2v) is 5.18. The van der Waals surface area contributed by atoms with Crippen molar-refractivity contribution in [2.45, 2.75) is 20.3 Å². The number of amides is 2. The lowest BCUT2D eigenvalue weighted by atomic mass is 10.1. The molecular weight excluding hydrogens is 202 g/mol. The highest BCUT2D eigenvalue weighted by Crippen LogP contribution is 2.06. The molecule has 1 saturated heterocycles. The van der Waals surface area contributed by atoms with Gasteiger partial charge >= 0.3 is 6.03 Å². The molecule has 1 rings (SSSR count). The van der Waals surface area contributed by atoms with Crippen molar-refractivity contribution < 1.29 is 4.79 Å². The maximum absolute atomic E-state index is 11.6. The summed E-state index contributed by atoms with van der Waals surface area (Å²) in [6, 6.07) is 0.178. The molecule has 2 amide bonds. The van der Waals surface area contributed by atoms with Crippen LogP contribution < -0.4 is 0 Å². The summed E-state index contributed by atoms with van der Waals surface area (Å²) in [5.41, 5.74) is 0. The van der Waals surface area contributed by atoms with E-state index in [4.69, 9.17) is 0 Å². The number of carbonyl (C=O) groups is 1. The van der Waals surface area contributed by atoms with Gasteiger partial charge in [0.05, 0.1) is 0 Å². The van der Waals surface area contributed by atoms with Crippen molar-refractivity contribution in [2.75, 3.05) is 46.8 Å². The smallest absolute Gasteiger partial charge is 0.319 e. The number of nitrogens with zero attached hydrogens (tertiary/aromatic N) is 3. The Hall–Kier alpha value is -0.770. The standard InChI is InChI=1S/C12H25N3O/c1-11(2)5-6-13(3)7-9-15-10-8-14(4)12(15)16/h11H,5-10H2,1-4H3. The Morgan fingerprint density at radius 1 is 1.31 bits per heavy atom. The van der Waals surface area contributed by atoms with E-state index < -0.39 is 0 Å². The maximum Gasteiger partial charge on any atom is 0.319 e. The quantitative estimate of drug-likeness (QED) is 0.684. The normalized spacial score (nSPS) is 17.0. The van der Waals surface area contributed by atoms with Crippen LogP contribution >= 0.6 is 0 Å². The summed E-state index contributed by atoms with van der Waals surface area (Å²) >= 11 is 0. The first-order valence-electron chi connectivity index (χ1n) is 6.19. The van der Waals surface area contributed by atoms with Gasteiger partial charge in [0.15, 0.2) is 0 Å². The molecule has 0 atom stereocenters. The van der Waals surface area contributed by atoms with Crippen LogP contribution in [0.5, 0.6) is 0 Å². The van der Waals surface area contributed by atoms with E-state index in [1.54, 1.807) is 4.90 Å². The lowest BCUT2D eigenvalue weighted by Gasteiger charge is -2.22. The molecule has 0 bridgehead atoms. The molecule has 0 aromatic heterocycles. The molecule has 4 heteroatoms. The fourth-order valence-corrected chi connectivity index (χ4v) is 1.79. The zero-order valence-corrected chi connectivity index (χ0v) is 11.1. The third-order valence-corrected chi connectivity index (χ3v) is 3.14. The van der Waals surface area contributed by atoms with Gasteiger partial charge in [0.2, 0.25) is 0 Å². The molecule has 0 aliphatic carbocycles. The molecule has 0 aromatic carbocycles. The highest BCUT2D eigenvalue weighted by molar-refractivity contribution is 5.76. The number of hydrogen-bond donors (Lipinski definition) is 0. The van der Waals surface area contributed by atoms with Crippen LogP contribution in [-0.4, -0.2) is 67.5 Å². The first-order valence-corrected chi connectivity index (χ1v) is 6.19. The second kappa shape index (κ2) is 6.09. The molecule has 0 N–H and O–H groups in total. The lowest BCUT2D eigenvalue weighted by Crippen LogP contribution is -2.36.